The number of hydrogen-bond donors (Lipinski definition) is 0. The molecule has 0 bridgehead atoms. The lowest BCUT2D eigenvalue weighted by Crippen LogP contribution is -1.99. The Morgan fingerprint density at radius 3 is 3.07 bits per heavy atom. The van der Waals surface area contributed by atoms with Crippen LogP contribution in [0.3, 0.4) is 0 Å². The van der Waals surface area contributed by atoms with Crippen molar-refractivity contribution in [1.82, 2.24) is 19.2 Å². The fourth-order valence-electron chi connectivity index (χ4n) is 1.44. The van der Waals surface area contributed by atoms with Crippen LogP contribution in [0.15, 0.2) is 30.2 Å². The molecule has 0 unspecified atom stereocenters. The molecule has 0 aliphatic heterocycles. The molecule has 0 spiro atoms. The summed E-state index contributed by atoms with van der Waals surface area (Å²) in [4.78, 5) is 5.53. The molecule has 0 radical (unpaired) electrons. The zero-order chi connectivity index (χ0) is 10.3. The molecule has 0 aliphatic rings. The molecule has 15 heavy (non-hydrogen) atoms. The molecule has 6 heteroatoms. The van der Waals surface area contributed by atoms with Crippen LogP contribution < -0.4 is 0 Å². The van der Waals surface area contributed by atoms with Gasteiger partial charge < -0.3 is 0 Å². The average molecular weight is 330 g/mol. The third-order valence-electron chi connectivity index (χ3n) is 2.07. The van der Waals surface area contributed by atoms with Crippen molar-refractivity contribution >= 4 is 38.9 Å². The molecule has 0 fully saturated rings. The largest absolute Gasteiger partial charge is 0.297 e. The highest BCUT2D eigenvalue weighted by Crippen LogP contribution is 2.12. The van der Waals surface area contributed by atoms with Gasteiger partial charge in [0.1, 0.15) is 0 Å². The Kier molecular flexibility index (Phi) is 2.24. The fraction of sp³-hybridized carbons (Fsp3) is 0.111. The van der Waals surface area contributed by atoms with Gasteiger partial charge in [-0.25, -0.2) is 4.98 Å². The molecule has 0 amide bonds. The molecule has 3 rings (SSSR count). The summed E-state index contributed by atoms with van der Waals surface area (Å²) in [6.45, 7) is 0.734. The highest BCUT2D eigenvalue weighted by atomic mass is 127. The summed E-state index contributed by atoms with van der Waals surface area (Å²) < 4.78 is 5.08. The molecule has 4 nitrogen and oxygen atoms in total. The van der Waals surface area contributed by atoms with Crippen LogP contribution in [0, 0.1) is 3.57 Å². The first-order valence-electron chi connectivity index (χ1n) is 4.40. The number of aromatic nitrogens is 4. The number of rotatable bonds is 2. The number of nitrogens with zero attached hydrogens (tertiary/aromatic N) is 4. The summed E-state index contributed by atoms with van der Waals surface area (Å²) >= 11 is 3.89. The molecule has 3 aromatic heterocycles. The van der Waals surface area contributed by atoms with Crippen LogP contribution in [0.4, 0.5) is 0 Å². The van der Waals surface area contributed by atoms with Crippen LogP contribution in [-0.2, 0) is 6.54 Å². The molecule has 0 aromatic carbocycles. The van der Waals surface area contributed by atoms with E-state index in [1.165, 1.54) is 0 Å². The van der Waals surface area contributed by atoms with E-state index in [-0.39, 0.29) is 0 Å². The van der Waals surface area contributed by atoms with Crippen molar-refractivity contribution in [1.29, 1.82) is 0 Å². The summed E-state index contributed by atoms with van der Waals surface area (Å²) in [6, 6.07) is 0. The third-order valence-corrected chi connectivity index (χ3v) is 3.40. The molecule has 3 aromatic rings. The van der Waals surface area contributed by atoms with E-state index in [0.29, 0.717) is 0 Å². The van der Waals surface area contributed by atoms with Gasteiger partial charge in [0.2, 0.25) is 0 Å². The highest BCUT2D eigenvalue weighted by Gasteiger charge is 2.03. The van der Waals surface area contributed by atoms with Gasteiger partial charge in [-0.1, -0.05) is 0 Å². The lowest BCUT2D eigenvalue weighted by molar-refractivity contribution is 0.675. The Balaban J connectivity index is 1.92. The summed E-state index contributed by atoms with van der Waals surface area (Å²) in [6.07, 6.45) is 7.91. The van der Waals surface area contributed by atoms with Gasteiger partial charge in [0.25, 0.3) is 0 Å². The Bertz CT molecular complexity index is 565. The number of fused-ring (bicyclic) bond motifs is 1. The second-order valence-electron chi connectivity index (χ2n) is 3.18. The second kappa shape index (κ2) is 3.60. The maximum atomic E-state index is 4.50. The monoisotopic (exact) mass is 330 g/mol. The van der Waals surface area contributed by atoms with Crippen molar-refractivity contribution in [3.05, 3.63) is 39.4 Å². The van der Waals surface area contributed by atoms with Crippen LogP contribution in [0.1, 0.15) is 5.69 Å². The van der Waals surface area contributed by atoms with Crippen molar-refractivity contribution in [3.63, 3.8) is 0 Å². The maximum Gasteiger partial charge on any atom is 0.193 e. The van der Waals surface area contributed by atoms with E-state index >= 15 is 0 Å². The van der Waals surface area contributed by atoms with Crippen molar-refractivity contribution in [2.45, 2.75) is 6.54 Å². The molecule has 0 saturated heterocycles. The molecule has 0 atom stereocenters. The SMILES string of the molecule is Ic1cnn(Cc2cn3ccsc3n2)c1. The first kappa shape index (κ1) is 9.34. The predicted octanol–water partition coefficient (Wildman–Crippen LogP) is 2.25. The van der Waals surface area contributed by atoms with Gasteiger partial charge in [0.05, 0.1) is 22.0 Å². The zero-order valence-electron chi connectivity index (χ0n) is 7.67. The standard InChI is InChI=1S/C9H7IN4S/c10-7-3-11-14(4-7)6-8-5-13-1-2-15-9(13)12-8/h1-5H,6H2. The summed E-state index contributed by atoms with van der Waals surface area (Å²) in [5.74, 6) is 0. The molecule has 3 heterocycles. The lowest BCUT2D eigenvalue weighted by Gasteiger charge is -1.95. The smallest absolute Gasteiger partial charge is 0.193 e. The van der Waals surface area contributed by atoms with E-state index in [0.717, 1.165) is 20.8 Å². The lowest BCUT2D eigenvalue weighted by atomic mass is 10.5. The Morgan fingerprint density at radius 2 is 2.33 bits per heavy atom. The highest BCUT2D eigenvalue weighted by molar-refractivity contribution is 14.1. The summed E-state index contributed by atoms with van der Waals surface area (Å²) in [5.41, 5.74) is 1.04. The summed E-state index contributed by atoms with van der Waals surface area (Å²) in [5, 5.41) is 6.26. The average Bonchev–Trinajstić information content (AvgIpc) is 2.81. The normalized spacial score (nSPS) is 11.3. The van der Waals surface area contributed by atoms with Crippen LogP contribution in [0.25, 0.3) is 4.96 Å². The van der Waals surface area contributed by atoms with E-state index in [9.17, 15) is 0 Å². The van der Waals surface area contributed by atoms with Gasteiger partial charge >= 0.3 is 0 Å². The fourth-order valence-corrected chi connectivity index (χ4v) is 2.61. The van der Waals surface area contributed by atoms with Gasteiger partial charge in [0, 0.05) is 24.0 Å². The van der Waals surface area contributed by atoms with Gasteiger partial charge in [-0.15, -0.1) is 11.3 Å². The quantitative estimate of drug-likeness (QED) is 0.676. The molecule has 76 valence electrons. The predicted molar refractivity (Wildman–Crippen MR) is 67.1 cm³/mol. The molecule has 0 saturated carbocycles. The minimum atomic E-state index is 0.734. The first-order chi connectivity index (χ1) is 7.31. The Labute approximate surface area is 104 Å². The van der Waals surface area contributed by atoms with Crippen LogP contribution >= 0.6 is 33.9 Å². The second-order valence-corrected chi connectivity index (χ2v) is 5.30. The topological polar surface area (TPSA) is 35.1 Å². The van der Waals surface area contributed by atoms with Gasteiger partial charge in [-0.05, 0) is 22.6 Å². The van der Waals surface area contributed by atoms with Crippen LogP contribution in [0.2, 0.25) is 0 Å². The van der Waals surface area contributed by atoms with Crippen molar-refractivity contribution in [3.8, 4) is 0 Å². The molecule has 0 N–H and O–H groups in total. The number of imidazole rings is 1. The van der Waals surface area contributed by atoms with E-state index < -0.39 is 0 Å². The third kappa shape index (κ3) is 1.78. The van der Waals surface area contributed by atoms with E-state index in [2.05, 4.69) is 32.7 Å². The van der Waals surface area contributed by atoms with E-state index in [4.69, 9.17) is 0 Å². The van der Waals surface area contributed by atoms with Gasteiger partial charge in [-0.2, -0.15) is 5.10 Å². The Morgan fingerprint density at radius 1 is 1.40 bits per heavy atom. The van der Waals surface area contributed by atoms with Crippen LogP contribution in [0.5, 0.6) is 0 Å². The zero-order valence-corrected chi connectivity index (χ0v) is 10.6. The molecule has 0 aliphatic carbocycles. The van der Waals surface area contributed by atoms with Crippen molar-refractivity contribution in [2.24, 2.45) is 0 Å². The van der Waals surface area contributed by atoms with E-state index in [1.54, 1.807) is 11.3 Å². The molecular weight excluding hydrogens is 323 g/mol. The molecular formula is C9H7IN4S. The first-order valence-corrected chi connectivity index (χ1v) is 6.36. The minimum absolute atomic E-state index is 0.734. The van der Waals surface area contributed by atoms with Crippen LogP contribution in [-0.4, -0.2) is 19.2 Å². The maximum absolute atomic E-state index is 4.50. The van der Waals surface area contributed by atoms with E-state index in [1.807, 2.05) is 39.2 Å². The number of hydrogen-bond acceptors (Lipinski definition) is 3. The minimum Gasteiger partial charge on any atom is -0.297 e. The Hall–Kier alpha value is -0.890. The number of thiazole rings is 1. The number of halogens is 1. The van der Waals surface area contributed by atoms with Gasteiger partial charge in [-0.3, -0.25) is 9.08 Å². The van der Waals surface area contributed by atoms with Crippen molar-refractivity contribution < 1.29 is 0 Å². The van der Waals surface area contributed by atoms with Gasteiger partial charge in [0.15, 0.2) is 4.96 Å². The summed E-state index contributed by atoms with van der Waals surface area (Å²) in [7, 11) is 0. The van der Waals surface area contributed by atoms with Crippen molar-refractivity contribution in [2.75, 3.05) is 0 Å².